The predicted molar refractivity (Wildman–Crippen MR) is 97.0 cm³/mol. The molecule has 2 aromatic carbocycles. The lowest BCUT2D eigenvalue weighted by molar-refractivity contribution is -0.114. The number of ether oxygens (including phenoxy) is 2. The predicted octanol–water partition coefficient (Wildman–Crippen LogP) is 3.81. The van der Waals surface area contributed by atoms with Crippen molar-refractivity contribution < 1.29 is 14.3 Å². The van der Waals surface area contributed by atoms with Crippen LogP contribution < -0.4 is 15.4 Å². The van der Waals surface area contributed by atoms with Gasteiger partial charge in [-0.25, -0.2) is 0 Å². The minimum absolute atomic E-state index is 0.130. The molecule has 0 saturated carbocycles. The van der Waals surface area contributed by atoms with Crippen LogP contribution in [-0.2, 0) is 9.53 Å². The van der Waals surface area contributed by atoms with Gasteiger partial charge in [-0.2, -0.15) is 0 Å². The molecule has 0 heterocycles. The molecule has 5 nitrogen and oxygen atoms in total. The molecule has 0 aliphatic rings. The van der Waals surface area contributed by atoms with Gasteiger partial charge in [0.25, 0.3) is 0 Å². The highest BCUT2D eigenvalue weighted by molar-refractivity contribution is 6.30. The second-order valence-electron chi connectivity index (χ2n) is 4.98. The largest absolute Gasteiger partial charge is 0.491 e. The van der Waals surface area contributed by atoms with Gasteiger partial charge in [0.15, 0.2) is 0 Å². The number of anilines is 2. The zero-order valence-corrected chi connectivity index (χ0v) is 14.3. The molecule has 6 heteroatoms. The van der Waals surface area contributed by atoms with Crippen molar-refractivity contribution in [3.63, 3.8) is 0 Å². The molecule has 24 heavy (non-hydrogen) atoms. The van der Waals surface area contributed by atoms with Crippen molar-refractivity contribution in [2.75, 3.05) is 37.0 Å². The molecular weight excluding hydrogens is 328 g/mol. The van der Waals surface area contributed by atoms with Gasteiger partial charge in [0.2, 0.25) is 5.91 Å². The zero-order chi connectivity index (χ0) is 17.2. The molecule has 2 rings (SSSR count). The summed E-state index contributed by atoms with van der Waals surface area (Å²) in [5.74, 6) is 0.613. The average molecular weight is 349 g/mol. The first-order valence-electron chi connectivity index (χ1n) is 7.77. The van der Waals surface area contributed by atoms with Crippen LogP contribution in [-0.4, -0.2) is 32.3 Å². The van der Waals surface area contributed by atoms with Gasteiger partial charge in [-0.1, -0.05) is 11.6 Å². The van der Waals surface area contributed by atoms with Gasteiger partial charge in [0.05, 0.1) is 13.2 Å². The van der Waals surface area contributed by atoms with Crippen molar-refractivity contribution in [3.8, 4) is 5.75 Å². The van der Waals surface area contributed by atoms with E-state index in [-0.39, 0.29) is 12.5 Å². The monoisotopic (exact) mass is 348 g/mol. The maximum atomic E-state index is 11.9. The van der Waals surface area contributed by atoms with Gasteiger partial charge >= 0.3 is 0 Å². The van der Waals surface area contributed by atoms with Crippen molar-refractivity contribution in [2.45, 2.75) is 6.92 Å². The van der Waals surface area contributed by atoms with E-state index >= 15 is 0 Å². The molecule has 0 aliphatic carbocycles. The molecule has 2 aromatic rings. The summed E-state index contributed by atoms with van der Waals surface area (Å²) in [5.41, 5.74) is 1.56. The maximum absolute atomic E-state index is 11.9. The molecule has 0 spiro atoms. The standard InChI is InChI=1S/C18H21ClN2O3/c1-2-23-11-12-24-17-9-7-16(8-10-17)21-18(22)13-20-15-5-3-14(19)4-6-15/h3-10,20H,2,11-13H2,1H3,(H,21,22). The first-order valence-corrected chi connectivity index (χ1v) is 8.15. The van der Waals surface area contributed by atoms with Gasteiger partial charge in [-0.3, -0.25) is 4.79 Å². The van der Waals surface area contributed by atoms with E-state index in [1.807, 2.05) is 31.2 Å². The molecule has 2 N–H and O–H groups in total. The van der Waals surface area contributed by atoms with Crippen molar-refractivity contribution in [3.05, 3.63) is 53.6 Å². The van der Waals surface area contributed by atoms with E-state index in [0.29, 0.717) is 24.8 Å². The van der Waals surface area contributed by atoms with Crippen LogP contribution in [0, 0.1) is 0 Å². The Hall–Kier alpha value is -2.24. The minimum atomic E-state index is -0.130. The number of hydrogen-bond acceptors (Lipinski definition) is 4. The highest BCUT2D eigenvalue weighted by atomic mass is 35.5. The molecule has 0 bridgehead atoms. The molecule has 1 amide bonds. The van der Waals surface area contributed by atoms with E-state index in [4.69, 9.17) is 21.1 Å². The summed E-state index contributed by atoms with van der Waals surface area (Å²) in [4.78, 5) is 11.9. The Kier molecular flexibility index (Phi) is 7.39. The van der Waals surface area contributed by atoms with E-state index in [0.717, 1.165) is 17.1 Å². The number of benzene rings is 2. The second-order valence-corrected chi connectivity index (χ2v) is 5.41. The number of nitrogens with one attached hydrogen (secondary N) is 2. The number of amides is 1. The molecule has 0 unspecified atom stereocenters. The lowest BCUT2D eigenvalue weighted by Gasteiger charge is -2.09. The van der Waals surface area contributed by atoms with Gasteiger partial charge < -0.3 is 20.1 Å². The Balaban J connectivity index is 1.74. The lowest BCUT2D eigenvalue weighted by Crippen LogP contribution is -2.21. The first kappa shape index (κ1) is 18.1. The quantitative estimate of drug-likeness (QED) is 0.677. The van der Waals surface area contributed by atoms with Crippen LogP contribution in [0.15, 0.2) is 48.5 Å². The van der Waals surface area contributed by atoms with E-state index < -0.39 is 0 Å². The molecule has 0 radical (unpaired) electrons. The fraction of sp³-hybridized carbons (Fsp3) is 0.278. The fourth-order valence-electron chi connectivity index (χ4n) is 1.95. The average Bonchev–Trinajstić information content (AvgIpc) is 2.60. The Morgan fingerprint density at radius 1 is 1.00 bits per heavy atom. The topological polar surface area (TPSA) is 59.6 Å². The smallest absolute Gasteiger partial charge is 0.243 e. The number of halogens is 1. The normalized spacial score (nSPS) is 10.2. The van der Waals surface area contributed by atoms with Crippen molar-refractivity contribution in [1.82, 2.24) is 0 Å². The molecular formula is C18H21ClN2O3. The molecule has 0 saturated heterocycles. The maximum Gasteiger partial charge on any atom is 0.243 e. The van der Waals surface area contributed by atoms with Crippen LogP contribution in [0.25, 0.3) is 0 Å². The molecule has 0 aliphatic heterocycles. The third-order valence-corrected chi connectivity index (χ3v) is 3.39. The summed E-state index contributed by atoms with van der Waals surface area (Å²) in [7, 11) is 0. The summed E-state index contributed by atoms with van der Waals surface area (Å²) < 4.78 is 10.7. The Morgan fingerprint density at radius 2 is 1.67 bits per heavy atom. The molecule has 0 fully saturated rings. The van der Waals surface area contributed by atoms with E-state index in [1.165, 1.54) is 0 Å². The molecule has 0 atom stereocenters. The lowest BCUT2D eigenvalue weighted by atomic mass is 10.3. The number of rotatable bonds is 9. The third kappa shape index (κ3) is 6.48. The van der Waals surface area contributed by atoms with E-state index in [1.54, 1.807) is 24.3 Å². The van der Waals surface area contributed by atoms with Crippen LogP contribution in [0.4, 0.5) is 11.4 Å². The Bertz CT molecular complexity index is 630. The van der Waals surface area contributed by atoms with Crippen LogP contribution >= 0.6 is 11.6 Å². The number of carbonyl (C=O) groups is 1. The molecule has 128 valence electrons. The van der Waals surface area contributed by atoms with Crippen LogP contribution in [0.1, 0.15) is 6.92 Å². The van der Waals surface area contributed by atoms with Gasteiger partial charge in [0, 0.05) is 23.0 Å². The van der Waals surface area contributed by atoms with Gasteiger partial charge in [-0.15, -0.1) is 0 Å². The molecule has 0 aromatic heterocycles. The second kappa shape index (κ2) is 9.80. The van der Waals surface area contributed by atoms with Crippen LogP contribution in [0.2, 0.25) is 5.02 Å². The summed E-state index contributed by atoms with van der Waals surface area (Å²) in [6.45, 7) is 3.86. The fourth-order valence-corrected chi connectivity index (χ4v) is 2.08. The van der Waals surface area contributed by atoms with Crippen LogP contribution in [0.5, 0.6) is 5.75 Å². The number of hydrogen-bond donors (Lipinski definition) is 2. The highest BCUT2D eigenvalue weighted by Crippen LogP contribution is 2.16. The SMILES string of the molecule is CCOCCOc1ccc(NC(=O)CNc2ccc(Cl)cc2)cc1. The minimum Gasteiger partial charge on any atom is -0.491 e. The Labute approximate surface area is 146 Å². The zero-order valence-electron chi connectivity index (χ0n) is 13.5. The van der Waals surface area contributed by atoms with E-state index in [2.05, 4.69) is 10.6 Å². The summed E-state index contributed by atoms with van der Waals surface area (Å²) in [5, 5.41) is 6.51. The summed E-state index contributed by atoms with van der Waals surface area (Å²) in [6, 6.07) is 14.4. The van der Waals surface area contributed by atoms with Gasteiger partial charge in [-0.05, 0) is 55.5 Å². The van der Waals surface area contributed by atoms with Crippen LogP contribution in [0.3, 0.4) is 0 Å². The van der Waals surface area contributed by atoms with Gasteiger partial charge in [0.1, 0.15) is 12.4 Å². The first-order chi connectivity index (χ1) is 11.7. The third-order valence-electron chi connectivity index (χ3n) is 3.14. The number of carbonyl (C=O) groups excluding carboxylic acids is 1. The van der Waals surface area contributed by atoms with Crippen molar-refractivity contribution in [1.29, 1.82) is 0 Å². The summed E-state index contributed by atoms with van der Waals surface area (Å²) in [6.07, 6.45) is 0. The van der Waals surface area contributed by atoms with Crippen molar-refractivity contribution >= 4 is 28.9 Å². The van der Waals surface area contributed by atoms with Crippen molar-refractivity contribution in [2.24, 2.45) is 0 Å². The highest BCUT2D eigenvalue weighted by Gasteiger charge is 2.03. The summed E-state index contributed by atoms with van der Waals surface area (Å²) >= 11 is 5.82. The van der Waals surface area contributed by atoms with E-state index in [9.17, 15) is 4.79 Å². The Morgan fingerprint density at radius 3 is 2.33 bits per heavy atom.